The molecular formula is C29H38N2O4. The maximum atomic E-state index is 13.4. The SMILES string of the molecule is CCOC1CC(c2ccccc2)OC2(CCN(C(=O)c3ccc(N4CCOCC4)c(C)c3)CC2)C1. The van der Waals surface area contributed by atoms with E-state index in [0.717, 1.165) is 63.1 Å². The molecule has 1 amide bonds. The summed E-state index contributed by atoms with van der Waals surface area (Å²) in [5.74, 6) is 0.119. The molecule has 1 spiro atoms. The van der Waals surface area contributed by atoms with Crippen molar-refractivity contribution in [3.63, 3.8) is 0 Å². The van der Waals surface area contributed by atoms with Gasteiger partial charge in [0, 0.05) is 56.9 Å². The number of morpholine rings is 1. The van der Waals surface area contributed by atoms with Crippen LogP contribution in [0.2, 0.25) is 0 Å². The number of likely N-dealkylation sites (tertiary alicyclic amines) is 1. The number of aryl methyl sites for hydroxylation is 1. The van der Waals surface area contributed by atoms with E-state index in [4.69, 9.17) is 14.2 Å². The Labute approximate surface area is 209 Å². The summed E-state index contributed by atoms with van der Waals surface area (Å²) in [5.41, 5.74) is 4.10. The lowest BCUT2D eigenvalue weighted by molar-refractivity contribution is -0.190. The number of piperidine rings is 1. The summed E-state index contributed by atoms with van der Waals surface area (Å²) in [6, 6.07) is 16.6. The van der Waals surface area contributed by atoms with E-state index < -0.39 is 0 Å². The van der Waals surface area contributed by atoms with Crippen LogP contribution in [0.4, 0.5) is 5.69 Å². The summed E-state index contributed by atoms with van der Waals surface area (Å²) in [6.07, 6.45) is 3.71. The fraction of sp³-hybridized carbons (Fsp3) is 0.552. The average Bonchev–Trinajstić information content (AvgIpc) is 2.90. The van der Waals surface area contributed by atoms with Crippen LogP contribution in [0, 0.1) is 6.92 Å². The van der Waals surface area contributed by atoms with Gasteiger partial charge in [-0.1, -0.05) is 30.3 Å². The van der Waals surface area contributed by atoms with Crippen molar-refractivity contribution in [3.05, 3.63) is 65.2 Å². The van der Waals surface area contributed by atoms with Crippen molar-refractivity contribution in [3.8, 4) is 0 Å². The first-order chi connectivity index (χ1) is 17.1. The van der Waals surface area contributed by atoms with Gasteiger partial charge in [0.1, 0.15) is 0 Å². The number of rotatable bonds is 5. The van der Waals surface area contributed by atoms with Crippen molar-refractivity contribution in [1.82, 2.24) is 4.90 Å². The first kappa shape index (κ1) is 24.3. The smallest absolute Gasteiger partial charge is 0.253 e. The molecule has 2 aromatic carbocycles. The Kier molecular flexibility index (Phi) is 7.42. The minimum absolute atomic E-state index is 0.0409. The minimum Gasteiger partial charge on any atom is -0.378 e. The number of amides is 1. The van der Waals surface area contributed by atoms with E-state index in [2.05, 4.69) is 49.1 Å². The quantitative estimate of drug-likeness (QED) is 0.620. The third-order valence-corrected chi connectivity index (χ3v) is 7.80. The van der Waals surface area contributed by atoms with Crippen LogP contribution in [0.25, 0.3) is 0 Å². The van der Waals surface area contributed by atoms with Crippen LogP contribution >= 0.6 is 0 Å². The molecule has 3 aliphatic rings. The fourth-order valence-corrected chi connectivity index (χ4v) is 5.94. The lowest BCUT2D eigenvalue weighted by Crippen LogP contribution is -2.52. The van der Waals surface area contributed by atoms with Crippen LogP contribution in [0.5, 0.6) is 0 Å². The largest absolute Gasteiger partial charge is 0.378 e. The molecule has 2 unspecified atom stereocenters. The summed E-state index contributed by atoms with van der Waals surface area (Å²) >= 11 is 0. The van der Waals surface area contributed by atoms with Gasteiger partial charge in [-0.05, 0) is 56.0 Å². The molecule has 0 aromatic heterocycles. The molecule has 3 saturated heterocycles. The predicted molar refractivity (Wildman–Crippen MR) is 137 cm³/mol. The van der Waals surface area contributed by atoms with Crippen molar-refractivity contribution in [2.75, 3.05) is 50.9 Å². The van der Waals surface area contributed by atoms with Gasteiger partial charge in [-0.3, -0.25) is 4.79 Å². The monoisotopic (exact) mass is 478 g/mol. The van der Waals surface area contributed by atoms with Crippen molar-refractivity contribution in [2.24, 2.45) is 0 Å². The minimum atomic E-state index is -0.231. The Balaban J connectivity index is 1.25. The molecule has 2 atom stereocenters. The summed E-state index contributed by atoms with van der Waals surface area (Å²) in [7, 11) is 0. The molecule has 0 radical (unpaired) electrons. The molecular weight excluding hydrogens is 440 g/mol. The number of carbonyl (C=O) groups is 1. The number of carbonyl (C=O) groups excluding carboxylic acids is 1. The van der Waals surface area contributed by atoms with Crippen molar-refractivity contribution in [1.29, 1.82) is 0 Å². The van der Waals surface area contributed by atoms with Gasteiger partial charge in [0.15, 0.2) is 0 Å². The van der Waals surface area contributed by atoms with Crippen molar-refractivity contribution in [2.45, 2.75) is 57.3 Å². The second-order valence-corrected chi connectivity index (χ2v) is 10.1. The molecule has 3 aliphatic heterocycles. The second-order valence-electron chi connectivity index (χ2n) is 10.1. The van der Waals surface area contributed by atoms with Gasteiger partial charge in [0.25, 0.3) is 5.91 Å². The number of hydrogen-bond donors (Lipinski definition) is 0. The van der Waals surface area contributed by atoms with Crippen LogP contribution in [-0.4, -0.2) is 68.5 Å². The number of nitrogens with zero attached hydrogens (tertiary/aromatic N) is 2. The van der Waals surface area contributed by atoms with Crippen LogP contribution in [-0.2, 0) is 14.2 Å². The van der Waals surface area contributed by atoms with E-state index >= 15 is 0 Å². The molecule has 0 saturated carbocycles. The molecule has 35 heavy (non-hydrogen) atoms. The average molecular weight is 479 g/mol. The second kappa shape index (κ2) is 10.7. The zero-order valence-electron chi connectivity index (χ0n) is 21.1. The molecule has 0 bridgehead atoms. The molecule has 3 fully saturated rings. The Morgan fingerprint density at radius 1 is 1.06 bits per heavy atom. The highest BCUT2D eigenvalue weighted by molar-refractivity contribution is 5.95. The summed E-state index contributed by atoms with van der Waals surface area (Å²) in [4.78, 5) is 17.7. The first-order valence-corrected chi connectivity index (χ1v) is 13.1. The highest BCUT2D eigenvalue weighted by Gasteiger charge is 2.45. The lowest BCUT2D eigenvalue weighted by Gasteiger charge is -2.48. The van der Waals surface area contributed by atoms with Crippen LogP contribution < -0.4 is 4.90 Å². The Hall–Kier alpha value is -2.41. The van der Waals surface area contributed by atoms with E-state index in [0.29, 0.717) is 19.7 Å². The van der Waals surface area contributed by atoms with Gasteiger partial charge in [0.05, 0.1) is 31.0 Å². The zero-order chi connectivity index (χ0) is 24.3. The maximum Gasteiger partial charge on any atom is 0.253 e. The third-order valence-electron chi connectivity index (χ3n) is 7.80. The highest BCUT2D eigenvalue weighted by Crippen LogP contribution is 2.44. The van der Waals surface area contributed by atoms with Crippen molar-refractivity contribution < 1.29 is 19.0 Å². The normalized spacial score (nSPS) is 24.5. The van der Waals surface area contributed by atoms with Gasteiger partial charge in [-0.15, -0.1) is 0 Å². The third kappa shape index (κ3) is 5.40. The lowest BCUT2D eigenvalue weighted by atomic mass is 9.80. The Bertz CT molecular complexity index is 997. The summed E-state index contributed by atoms with van der Waals surface area (Å²) in [6.45, 7) is 9.61. The van der Waals surface area contributed by atoms with E-state index in [1.807, 2.05) is 23.1 Å². The molecule has 0 aliphatic carbocycles. The van der Waals surface area contributed by atoms with E-state index in [1.165, 1.54) is 11.3 Å². The van der Waals surface area contributed by atoms with Gasteiger partial charge in [-0.2, -0.15) is 0 Å². The predicted octanol–water partition coefficient (Wildman–Crippen LogP) is 4.76. The molecule has 2 aromatic rings. The van der Waals surface area contributed by atoms with Gasteiger partial charge in [-0.25, -0.2) is 0 Å². The molecule has 188 valence electrons. The van der Waals surface area contributed by atoms with Crippen LogP contribution in [0.1, 0.15) is 60.2 Å². The number of ether oxygens (including phenoxy) is 3. The van der Waals surface area contributed by atoms with Crippen LogP contribution in [0.15, 0.2) is 48.5 Å². The molecule has 6 nitrogen and oxygen atoms in total. The first-order valence-electron chi connectivity index (χ1n) is 13.1. The Morgan fingerprint density at radius 3 is 2.49 bits per heavy atom. The van der Waals surface area contributed by atoms with Gasteiger partial charge >= 0.3 is 0 Å². The standard InChI is InChI=1S/C29H38N2O4/c1-3-34-25-20-27(23-7-5-4-6-8-23)35-29(21-25)11-13-31(14-12-29)28(32)24-9-10-26(22(2)19-24)30-15-17-33-18-16-30/h4-10,19,25,27H,3,11-18,20-21H2,1-2H3. The van der Waals surface area contributed by atoms with E-state index in [9.17, 15) is 4.79 Å². The van der Waals surface area contributed by atoms with Crippen LogP contribution in [0.3, 0.4) is 0 Å². The van der Waals surface area contributed by atoms with E-state index in [1.54, 1.807) is 0 Å². The van der Waals surface area contributed by atoms with Crippen molar-refractivity contribution >= 4 is 11.6 Å². The zero-order valence-corrected chi connectivity index (χ0v) is 21.1. The Morgan fingerprint density at radius 2 is 1.80 bits per heavy atom. The number of hydrogen-bond acceptors (Lipinski definition) is 5. The van der Waals surface area contributed by atoms with Gasteiger partial charge < -0.3 is 24.0 Å². The summed E-state index contributed by atoms with van der Waals surface area (Å²) in [5, 5.41) is 0. The number of benzene rings is 2. The number of anilines is 1. The summed E-state index contributed by atoms with van der Waals surface area (Å²) < 4.78 is 18.4. The highest BCUT2D eigenvalue weighted by atomic mass is 16.5. The maximum absolute atomic E-state index is 13.4. The van der Waals surface area contributed by atoms with Gasteiger partial charge in [0.2, 0.25) is 0 Å². The van der Waals surface area contributed by atoms with E-state index in [-0.39, 0.29) is 23.7 Å². The molecule has 0 N–H and O–H groups in total. The molecule has 5 rings (SSSR count). The molecule has 6 heteroatoms. The topological polar surface area (TPSA) is 51.2 Å². The fourth-order valence-electron chi connectivity index (χ4n) is 5.94. The molecule has 3 heterocycles.